The third-order valence-electron chi connectivity index (χ3n) is 3.98. The SMILES string of the molecule is CC(C)(C)OC(=O)N[C@@H](CCCCN=[N+]=[N-])C(=O)Oc1ccc2ccccc2c1. The summed E-state index contributed by atoms with van der Waals surface area (Å²) in [5, 5.41) is 8.04. The first-order valence-corrected chi connectivity index (χ1v) is 9.49. The number of rotatable bonds is 8. The standard InChI is InChI=1S/C21H26N4O4/c1-21(2,3)29-20(27)24-18(10-6-7-13-23-25-22)19(26)28-17-12-11-15-8-4-5-9-16(15)14-17/h4-5,8-9,11-12,14,18H,6-7,10,13H2,1-3H3,(H,24,27)/t18-/m0/s1. The fourth-order valence-corrected chi connectivity index (χ4v) is 2.69. The first-order valence-electron chi connectivity index (χ1n) is 9.49. The van der Waals surface area contributed by atoms with Crippen LogP contribution in [0.15, 0.2) is 47.6 Å². The molecule has 29 heavy (non-hydrogen) atoms. The van der Waals surface area contributed by atoms with Crippen LogP contribution in [0.3, 0.4) is 0 Å². The average molecular weight is 398 g/mol. The van der Waals surface area contributed by atoms with Gasteiger partial charge in [0.2, 0.25) is 0 Å². The van der Waals surface area contributed by atoms with E-state index in [0.717, 1.165) is 10.8 Å². The molecule has 0 unspecified atom stereocenters. The van der Waals surface area contributed by atoms with Crippen molar-refractivity contribution < 1.29 is 19.1 Å². The molecule has 1 atom stereocenters. The second kappa shape index (κ2) is 10.3. The number of carbonyl (C=O) groups excluding carboxylic acids is 2. The highest BCUT2D eigenvalue weighted by Gasteiger charge is 2.25. The number of hydrogen-bond donors (Lipinski definition) is 1. The average Bonchev–Trinajstić information content (AvgIpc) is 2.65. The van der Waals surface area contributed by atoms with Gasteiger partial charge in [-0.25, -0.2) is 9.59 Å². The van der Waals surface area contributed by atoms with E-state index in [1.54, 1.807) is 32.9 Å². The zero-order chi connectivity index (χ0) is 21.3. The summed E-state index contributed by atoms with van der Waals surface area (Å²) in [5.41, 5.74) is 7.66. The Bertz CT molecular complexity index is 901. The molecule has 0 bridgehead atoms. The zero-order valence-electron chi connectivity index (χ0n) is 16.9. The number of nitrogens with one attached hydrogen (secondary N) is 1. The molecule has 1 amide bonds. The molecule has 8 heteroatoms. The van der Waals surface area contributed by atoms with Gasteiger partial charge in [0.1, 0.15) is 17.4 Å². The number of amides is 1. The van der Waals surface area contributed by atoms with E-state index in [1.807, 2.05) is 30.3 Å². The second-order valence-electron chi connectivity index (χ2n) is 7.58. The highest BCUT2D eigenvalue weighted by Crippen LogP contribution is 2.21. The van der Waals surface area contributed by atoms with Crippen molar-refractivity contribution >= 4 is 22.8 Å². The maximum Gasteiger partial charge on any atom is 0.408 e. The van der Waals surface area contributed by atoms with Crippen LogP contribution in [0.4, 0.5) is 4.79 Å². The normalized spacial score (nSPS) is 12.0. The summed E-state index contributed by atoms with van der Waals surface area (Å²) >= 11 is 0. The van der Waals surface area contributed by atoms with Crippen LogP contribution < -0.4 is 10.1 Å². The number of carbonyl (C=O) groups is 2. The highest BCUT2D eigenvalue weighted by atomic mass is 16.6. The Labute approximate surface area is 169 Å². The van der Waals surface area contributed by atoms with E-state index in [9.17, 15) is 9.59 Å². The smallest absolute Gasteiger partial charge is 0.408 e. The van der Waals surface area contributed by atoms with Crippen molar-refractivity contribution in [3.05, 3.63) is 52.9 Å². The predicted molar refractivity (Wildman–Crippen MR) is 111 cm³/mol. The molecule has 0 saturated heterocycles. The van der Waals surface area contributed by atoms with Crippen molar-refractivity contribution in [2.75, 3.05) is 6.54 Å². The Hall–Kier alpha value is -3.25. The van der Waals surface area contributed by atoms with Crippen LogP contribution in [0.5, 0.6) is 5.75 Å². The Morgan fingerprint density at radius 2 is 1.86 bits per heavy atom. The molecule has 1 N–H and O–H groups in total. The summed E-state index contributed by atoms with van der Waals surface area (Å²) in [7, 11) is 0. The van der Waals surface area contributed by atoms with Gasteiger partial charge >= 0.3 is 12.1 Å². The van der Waals surface area contributed by atoms with Crippen molar-refractivity contribution in [3.63, 3.8) is 0 Å². The van der Waals surface area contributed by atoms with Crippen LogP contribution in [0.25, 0.3) is 21.2 Å². The lowest BCUT2D eigenvalue weighted by molar-refractivity contribution is -0.137. The third kappa shape index (κ3) is 7.71. The summed E-state index contributed by atoms with van der Waals surface area (Å²) in [5.74, 6) is -0.173. The van der Waals surface area contributed by atoms with Gasteiger partial charge in [-0.1, -0.05) is 41.9 Å². The van der Waals surface area contributed by atoms with Crippen molar-refractivity contribution in [1.29, 1.82) is 0 Å². The minimum atomic E-state index is -0.873. The van der Waals surface area contributed by atoms with E-state index in [4.69, 9.17) is 15.0 Å². The fraction of sp³-hybridized carbons (Fsp3) is 0.429. The molecule has 8 nitrogen and oxygen atoms in total. The number of benzene rings is 2. The maximum atomic E-state index is 12.7. The van der Waals surface area contributed by atoms with E-state index < -0.39 is 23.7 Å². The molecular formula is C21H26N4O4. The van der Waals surface area contributed by atoms with Gasteiger partial charge in [0, 0.05) is 11.5 Å². The van der Waals surface area contributed by atoms with Gasteiger partial charge < -0.3 is 14.8 Å². The lowest BCUT2D eigenvalue weighted by Crippen LogP contribution is -2.45. The minimum Gasteiger partial charge on any atom is -0.444 e. The topological polar surface area (TPSA) is 113 Å². The molecule has 0 spiro atoms. The first kappa shape index (κ1) is 22.0. The second-order valence-corrected chi connectivity index (χ2v) is 7.58. The molecule has 2 aromatic carbocycles. The van der Waals surface area contributed by atoms with Gasteiger partial charge in [0.15, 0.2) is 0 Å². The molecule has 0 aliphatic heterocycles. The Morgan fingerprint density at radius 1 is 1.14 bits per heavy atom. The minimum absolute atomic E-state index is 0.329. The molecule has 2 aromatic rings. The van der Waals surface area contributed by atoms with Crippen molar-refractivity contribution in [3.8, 4) is 5.75 Å². The third-order valence-corrected chi connectivity index (χ3v) is 3.98. The Kier molecular flexibility index (Phi) is 7.86. The number of alkyl carbamates (subject to hydrolysis) is 1. The van der Waals surface area contributed by atoms with E-state index in [2.05, 4.69) is 15.3 Å². The monoisotopic (exact) mass is 398 g/mol. The molecule has 0 aliphatic rings. The Balaban J connectivity index is 2.06. The van der Waals surface area contributed by atoms with Crippen LogP contribution in [-0.4, -0.2) is 30.3 Å². The number of unbranched alkanes of at least 4 members (excludes halogenated alkanes) is 1. The van der Waals surface area contributed by atoms with E-state index >= 15 is 0 Å². The molecule has 0 saturated carbocycles. The molecular weight excluding hydrogens is 372 g/mol. The van der Waals surface area contributed by atoms with E-state index in [1.165, 1.54) is 0 Å². The van der Waals surface area contributed by atoms with Gasteiger partial charge in [-0.3, -0.25) is 0 Å². The van der Waals surface area contributed by atoms with Crippen molar-refractivity contribution in [2.45, 2.75) is 51.7 Å². The largest absolute Gasteiger partial charge is 0.444 e. The van der Waals surface area contributed by atoms with E-state index in [-0.39, 0.29) is 0 Å². The molecule has 2 rings (SSSR count). The summed E-state index contributed by atoms with van der Waals surface area (Å²) < 4.78 is 10.7. The van der Waals surface area contributed by atoms with Gasteiger partial charge in [-0.2, -0.15) is 0 Å². The van der Waals surface area contributed by atoms with Crippen molar-refractivity contribution in [2.24, 2.45) is 5.11 Å². The maximum absolute atomic E-state index is 12.7. The van der Waals surface area contributed by atoms with Gasteiger partial charge in [0.25, 0.3) is 0 Å². The molecule has 0 aromatic heterocycles. The van der Waals surface area contributed by atoms with Gasteiger partial charge in [-0.05, 0) is 62.0 Å². The van der Waals surface area contributed by atoms with Crippen LogP contribution in [0.2, 0.25) is 0 Å². The number of ether oxygens (including phenoxy) is 2. The van der Waals surface area contributed by atoms with Gasteiger partial charge in [0.05, 0.1) is 0 Å². The number of esters is 1. The van der Waals surface area contributed by atoms with Crippen LogP contribution >= 0.6 is 0 Å². The number of fused-ring (bicyclic) bond motifs is 1. The van der Waals surface area contributed by atoms with Crippen molar-refractivity contribution in [1.82, 2.24) is 5.32 Å². The molecule has 0 heterocycles. The lowest BCUT2D eigenvalue weighted by Gasteiger charge is -2.23. The molecule has 0 radical (unpaired) electrons. The van der Waals surface area contributed by atoms with E-state index in [0.29, 0.717) is 31.6 Å². The van der Waals surface area contributed by atoms with Crippen LogP contribution in [0, 0.1) is 0 Å². The summed E-state index contributed by atoms with van der Waals surface area (Å²) in [6, 6.07) is 12.2. The van der Waals surface area contributed by atoms with Crippen LogP contribution in [0.1, 0.15) is 40.0 Å². The summed E-state index contributed by atoms with van der Waals surface area (Å²) in [6.45, 7) is 5.56. The molecule has 154 valence electrons. The molecule has 0 fully saturated rings. The highest BCUT2D eigenvalue weighted by molar-refractivity contribution is 5.86. The lowest BCUT2D eigenvalue weighted by atomic mass is 10.1. The van der Waals surface area contributed by atoms with Gasteiger partial charge in [-0.15, -0.1) is 0 Å². The summed E-state index contributed by atoms with van der Waals surface area (Å²) in [6.07, 6.45) is 0.826. The number of nitrogens with zero attached hydrogens (tertiary/aromatic N) is 3. The number of hydrogen-bond acceptors (Lipinski definition) is 5. The molecule has 0 aliphatic carbocycles. The quantitative estimate of drug-likeness (QED) is 0.166. The predicted octanol–water partition coefficient (Wildman–Crippen LogP) is 5.12. The number of azide groups is 1. The Morgan fingerprint density at radius 3 is 2.55 bits per heavy atom. The fourth-order valence-electron chi connectivity index (χ4n) is 2.69. The summed E-state index contributed by atoms with van der Waals surface area (Å²) in [4.78, 5) is 27.5. The zero-order valence-corrected chi connectivity index (χ0v) is 16.9. The van der Waals surface area contributed by atoms with Crippen LogP contribution in [-0.2, 0) is 9.53 Å². The first-order chi connectivity index (χ1) is 13.8.